The van der Waals surface area contributed by atoms with Gasteiger partial charge in [-0.3, -0.25) is 9.79 Å². The summed E-state index contributed by atoms with van der Waals surface area (Å²) in [5.74, 6) is 2.17. The number of carbonyl (C=O) groups excluding carboxylic acids is 1. The highest BCUT2D eigenvalue weighted by Gasteiger charge is 2.28. The van der Waals surface area contributed by atoms with Crippen LogP contribution < -0.4 is 25.8 Å². The first kappa shape index (κ1) is 17.9. The summed E-state index contributed by atoms with van der Waals surface area (Å²) in [5, 5.41) is 5.86. The Balaban J connectivity index is 1.67. The molecule has 1 aromatic rings. The highest BCUT2D eigenvalue weighted by molar-refractivity contribution is 5.81. The van der Waals surface area contributed by atoms with Crippen LogP contribution in [0.5, 0.6) is 11.5 Å². The molecule has 7 heteroatoms. The van der Waals surface area contributed by atoms with Crippen LogP contribution in [0.1, 0.15) is 18.4 Å². The van der Waals surface area contributed by atoms with Crippen LogP contribution in [0.15, 0.2) is 23.2 Å². The summed E-state index contributed by atoms with van der Waals surface area (Å²) < 4.78 is 10.5. The molecule has 0 saturated heterocycles. The van der Waals surface area contributed by atoms with Crippen LogP contribution in [0.2, 0.25) is 0 Å². The molecule has 1 aromatic carbocycles. The first-order chi connectivity index (χ1) is 11.6. The number of nitrogens with two attached hydrogens (primary N) is 1. The number of aliphatic imine (C=N–C) groups is 1. The minimum absolute atomic E-state index is 0.140. The van der Waals surface area contributed by atoms with Gasteiger partial charge in [0.2, 0.25) is 5.91 Å². The van der Waals surface area contributed by atoms with Gasteiger partial charge in [0.05, 0.1) is 14.2 Å². The molecule has 0 aliphatic heterocycles. The zero-order valence-electron chi connectivity index (χ0n) is 14.3. The fraction of sp³-hybridized carbons (Fsp3) is 0.529. The lowest BCUT2D eigenvalue weighted by molar-refractivity contribution is -0.122. The summed E-state index contributed by atoms with van der Waals surface area (Å²) in [5.41, 5.74) is 6.91. The van der Waals surface area contributed by atoms with E-state index in [4.69, 9.17) is 15.2 Å². The van der Waals surface area contributed by atoms with E-state index in [1.807, 2.05) is 18.2 Å². The topological polar surface area (TPSA) is 98.0 Å². The summed E-state index contributed by atoms with van der Waals surface area (Å²) in [7, 11) is 3.23. The molecule has 1 amide bonds. The maximum atomic E-state index is 11.5. The van der Waals surface area contributed by atoms with Gasteiger partial charge in [-0.2, -0.15) is 0 Å². The molecule has 0 bridgehead atoms. The third-order valence-electron chi connectivity index (χ3n) is 3.81. The van der Waals surface area contributed by atoms with E-state index in [-0.39, 0.29) is 11.8 Å². The molecule has 1 fully saturated rings. The van der Waals surface area contributed by atoms with E-state index in [9.17, 15) is 4.79 Å². The van der Waals surface area contributed by atoms with Crippen LogP contribution in [0.4, 0.5) is 0 Å². The maximum Gasteiger partial charge on any atom is 0.223 e. The largest absolute Gasteiger partial charge is 0.493 e. The van der Waals surface area contributed by atoms with Crippen molar-refractivity contribution >= 4 is 11.9 Å². The number of guanidine groups is 1. The number of benzene rings is 1. The van der Waals surface area contributed by atoms with Crippen molar-refractivity contribution in [3.63, 3.8) is 0 Å². The Morgan fingerprint density at radius 1 is 1.21 bits per heavy atom. The Morgan fingerprint density at radius 2 is 1.92 bits per heavy atom. The Bertz CT molecular complexity index is 585. The molecule has 7 nitrogen and oxygen atoms in total. The SMILES string of the molecule is COc1ccc(CCN=C(N)NCCNC(=O)C2CC2)cc1OC. The number of amides is 1. The molecule has 0 heterocycles. The second-order valence-electron chi connectivity index (χ2n) is 5.70. The first-order valence-electron chi connectivity index (χ1n) is 8.16. The van der Waals surface area contributed by atoms with Crippen LogP contribution >= 0.6 is 0 Å². The van der Waals surface area contributed by atoms with Gasteiger partial charge in [-0.15, -0.1) is 0 Å². The van der Waals surface area contributed by atoms with E-state index in [1.165, 1.54) is 0 Å². The van der Waals surface area contributed by atoms with Gasteiger partial charge in [0.25, 0.3) is 0 Å². The van der Waals surface area contributed by atoms with Gasteiger partial charge in [0.1, 0.15) is 0 Å². The fourth-order valence-electron chi connectivity index (χ4n) is 2.26. The van der Waals surface area contributed by atoms with Crippen LogP contribution in [0.25, 0.3) is 0 Å². The molecule has 24 heavy (non-hydrogen) atoms. The molecule has 0 unspecified atom stereocenters. The molecule has 1 aliphatic carbocycles. The normalized spacial score (nSPS) is 14.2. The molecule has 0 atom stereocenters. The predicted octanol–water partition coefficient (Wildman–Crippen LogP) is 0.677. The number of nitrogens with one attached hydrogen (secondary N) is 2. The van der Waals surface area contributed by atoms with Crippen molar-refractivity contribution in [3.05, 3.63) is 23.8 Å². The van der Waals surface area contributed by atoms with Crippen molar-refractivity contribution in [3.8, 4) is 11.5 Å². The molecule has 132 valence electrons. The van der Waals surface area contributed by atoms with Gasteiger partial charge < -0.3 is 25.8 Å². The van der Waals surface area contributed by atoms with Gasteiger partial charge in [0, 0.05) is 25.6 Å². The average Bonchev–Trinajstić information content (AvgIpc) is 3.43. The van der Waals surface area contributed by atoms with Gasteiger partial charge in [-0.25, -0.2) is 0 Å². The van der Waals surface area contributed by atoms with E-state index in [2.05, 4.69) is 15.6 Å². The van der Waals surface area contributed by atoms with Crippen molar-refractivity contribution in [1.82, 2.24) is 10.6 Å². The van der Waals surface area contributed by atoms with Crippen molar-refractivity contribution in [2.75, 3.05) is 33.9 Å². The quantitative estimate of drug-likeness (QED) is 0.350. The van der Waals surface area contributed by atoms with Gasteiger partial charge in [0.15, 0.2) is 17.5 Å². The third kappa shape index (κ3) is 5.64. The second-order valence-corrected chi connectivity index (χ2v) is 5.70. The van der Waals surface area contributed by atoms with Crippen molar-refractivity contribution in [2.24, 2.45) is 16.6 Å². The van der Waals surface area contributed by atoms with Gasteiger partial charge >= 0.3 is 0 Å². The van der Waals surface area contributed by atoms with Crippen molar-refractivity contribution < 1.29 is 14.3 Å². The highest BCUT2D eigenvalue weighted by atomic mass is 16.5. The number of ether oxygens (including phenoxy) is 2. The molecule has 2 rings (SSSR count). The second kappa shape index (κ2) is 9.00. The maximum absolute atomic E-state index is 11.5. The lowest BCUT2D eigenvalue weighted by atomic mass is 10.1. The smallest absolute Gasteiger partial charge is 0.223 e. The van der Waals surface area contributed by atoms with Crippen LogP contribution in [-0.2, 0) is 11.2 Å². The average molecular weight is 334 g/mol. The molecule has 0 aromatic heterocycles. The number of hydrogen-bond acceptors (Lipinski definition) is 4. The molecular weight excluding hydrogens is 308 g/mol. The minimum atomic E-state index is 0.140. The van der Waals surface area contributed by atoms with Crippen molar-refractivity contribution in [2.45, 2.75) is 19.3 Å². The molecule has 1 aliphatic rings. The predicted molar refractivity (Wildman–Crippen MR) is 93.5 cm³/mol. The fourth-order valence-corrected chi connectivity index (χ4v) is 2.26. The molecule has 0 radical (unpaired) electrons. The number of carbonyl (C=O) groups is 1. The van der Waals surface area contributed by atoms with E-state index in [1.54, 1.807) is 14.2 Å². The molecular formula is C17H26N4O3. The summed E-state index contributed by atoms with van der Waals surface area (Å²) >= 11 is 0. The lowest BCUT2D eigenvalue weighted by Gasteiger charge is -2.09. The Morgan fingerprint density at radius 3 is 2.58 bits per heavy atom. The van der Waals surface area contributed by atoms with Crippen LogP contribution in [0.3, 0.4) is 0 Å². The van der Waals surface area contributed by atoms with Crippen LogP contribution in [-0.4, -0.2) is 45.7 Å². The van der Waals surface area contributed by atoms with E-state index < -0.39 is 0 Å². The Hall–Kier alpha value is -2.44. The van der Waals surface area contributed by atoms with E-state index in [0.717, 1.165) is 24.8 Å². The molecule has 4 N–H and O–H groups in total. The zero-order chi connectivity index (χ0) is 17.4. The Labute approximate surface area is 142 Å². The Kier molecular flexibility index (Phi) is 6.72. The lowest BCUT2D eigenvalue weighted by Crippen LogP contribution is -2.38. The van der Waals surface area contributed by atoms with Crippen LogP contribution in [0, 0.1) is 5.92 Å². The summed E-state index contributed by atoms with van der Waals surface area (Å²) in [6.07, 6.45) is 2.78. The number of methoxy groups -OCH3 is 2. The number of rotatable bonds is 9. The van der Waals surface area contributed by atoms with Gasteiger partial charge in [-0.1, -0.05) is 6.07 Å². The molecule has 1 saturated carbocycles. The first-order valence-corrected chi connectivity index (χ1v) is 8.16. The number of hydrogen-bond donors (Lipinski definition) is 3. The molecule has 0 spiro atoms. The van der Waals surface area contributed by atoms with E-state index >= 15 is 0 Å². The number of nitrogens with zero attached hydrogens (tertiary/aromatic N) is 1. The monoisotopic (exact) mass is 334 g/mol. The summed E-state index contributed by atoms with van der Waals surface area (Å²) in [6, 6.07) is 5.79. The zero-order valence-corrected chi connectivity index (χ0v) is 14.3. The minimum Gasteiger partial charge on any atom is -0.493 e. The van der Waals surface area contributed by atoms with E-state index in [0.29, 0.717) is 37.1 Å². The summed E-state index contributed by atoms with van der Waals surface area (Å²) in [4.78, 5) is 15.7. The highest BCUT2D eigenvalue weighted by Crippen LogP contribution is 2.28. The summed E-state index contributed by atoms with van der Waals surface area (Å²) in [6.45, 7) is 1.70. The van der Waals surface area contributed by atoms with Gasteiger partial charge in [-0.05, 0) is 37.0 Å². The van der Waals surface area contributed by atoms with Crippen molar-refractivity contribution in [1.29, 1.82) is 0 Å². The standard InChI is InChI=1S/C17H26N4O3/c1-23-14-6-3-12(11-15(14)24-2)7-8-20-17(18)21-10-9-19-16(22)13-4-5-13/h3,6,11,13H,4-5,7-10H2,1-2H3,(H,19,22)(H3,18,20,21). The third-order valence-corrected chi connectivity index (χ3v) is 3.81.